The van der Waals surface area contributed by atoms with Gasteiger partial charge in [-0.2, -0.15) is 0 Å². The summed E-state index contributed by atoms with van der Waals surface area (Å²) in [7, 11) is 1.55. The van der Waals surface area contributed by atoms with Gasteiger partial charge in [0.25, 0.3) is 11.8 Å². The number of carbonyl (C=O) groups excluding carboxylic acids is 2. The second kappa shape index (κ2) is 7.94. The first-order chi connectivity index (χ1) is 11.8. The minimum atomic E-state index is -1.02. The summed E-state index contributed by atoms with van der Waals surface area (Å²) in [5, 5.41) is 12.7. The zero-order chi connectivity index (χ0) is 18.4. The van der Waals surface area contributed by atoms with Crippen LogP contribution in [0.3, 0.4) is 0 Å². The van der Waals surface area contributed by atoms with Gasteiger partial charge in [0.1, 0.15) is 0 Å². The smallest absolute Gasteiger partial charge is 0.254 e. The van der Waals surface area contributed by atoms with Gasteiger partial charge in [-0.15, -0.1) is 0 Å². The van der Waals surface area contributed by atoms with Crippen LogP contribution in [-0.2, 0) is 6.54 Å². The lowest BCUT2D eigenvalue weighted by molar-refractivity contribution is 0.0280. The van der Waals surface area contributed by atoms with E-state index in [9.17, 15) is 14.7 Å². The van der Waals surface area contributed by atoms with Crippen LogP contribution in [0.2, 0.25) is 0 Å². The summed E-state index contributed by atoms with van der Waals surface area (Å²) in [5.41, 5.74) is 0.795. The Morgan fingerprint density at radius 3 is 2.28 bits per heavy atom. The van der Waals surface area contributed by atoms with Gasteiger partial charge in [-0.05, 0) is 37.6 Å². The first-order valence-electron chi connectivity index (χ1n) is 8.18. The molecule has 2 N–H and O–H groups in total. The highest BCUT2D eigenvalue weighted by molar-refractivity contribution is 5.99. The third kappa shape index (κ3) is 5.43. The highest BCUT2D eigenvalue weighted by Crippen LogP contribution is 2.15. The monoisotopic (exact) mass is 340 g/mol. The minimum Gasteiger partial charge on any atom is -0.389 e. The van der Waals surface area contributed by atoms with Crippen LogP contribution in [0.5, 0.6) is 0 Å². The number of aliphatic hydroxyl groups is 1. The Morgan fingerprint density at radius 1 is 1.04 bits per heavy atom. The van der Waals surface area contributed by atoms with Gasteiger partial charge in [0.2, 0.25) is 0 Å². The summed E-state index contributed by atoms with van der Waals surface area (Å²) < 4.78 is 0. The normalized spacial score (nSPS) is 11.0. The Hall–Kier alpha value is -2.66. The van der Waals surface area contributed by atoms with Gasteiger partial charge in [-0.3, -0.25) is 9.59 Å². The molecule has 132 valence electrons. The fourth-order valence-corrected chi connectivity index (χ4v) is 2.59. The second-order valence-electron chi connectivity index (χ2n) is 6.62. The lowest BCUT2D eigenvalue weighted by Crippen LogP contribution is -2.41. The molecule has 0 bridgehead atoms. The van der Waals surface area contributed by atoms with Crippen molar-refractivity contribution in [1.82, 2.24) is 10.2 Å². The molecule has 0 aliphatic rings. The molecule has 5 nitrogen and oxygen atoms in total. The molecule has 0 atom stereocenters. The van der Waals surface area contributed by atoms with Crippen LogP contribution in [0.4, 0.5) is 0 Å². The molecule has 0 heterocycles. The van der Waals surface area contributed by atoms with E-state index >= 15 is 0 Å². The van der Waals surface area contributed by atoms with E-state index in [1.165, 1.54) is 0 Å². The molecule has 5 heteroatoms. The summed E-state index contributed by atoms with van der Waals surface area (Å²) in [6.45, 7) is 3.90. The van der Waals surface area contributed by atoms with E-state index in [4.69, 9.17) is 0 Å². The summed E-state index contributed by atoms with van der Waals surface area (Å²) in [5.74, 6) is -0.469. The van der Waals surface area contributed by atoms with Crippen molar-refractivity contribution < 1.29 is 14.7 Å². The van der Waals surface area contributed by atoms with Crippen LogP contribution in [0, 0.1) is 0 Å². The largest absolute Gasteiger partial charge is 0.389 e. The van der Waals surface area contributed by atoms with E-state index in [2.05, 4.69) is 5.32 Å². The predicted molar refractivity (Wildman–Crippen MR) is 97.3 cm³/mol. The maximum atomic E-state index is 13.0. The van der Waals surface area contributed by atoms with Crippen LogP contribution in [-0.4, -0.2) is 41.0 Å². The summed E-state index contributed by atoms with van der Waals surface area (Å²) >= 11 is 0. The maximum absolute atomic E-state index is 13.0. The minimum absolute atomic E-state index is 0.185. The Kier molecular flexibility index (Phi) is 5.93. The van der Waals surface area contributed by atoms with Crippen molar-refractivity contribution in [3.63, 3.8) is 0 Å². The molecular formula is C20H24N2O3. The topological polar surface area (TPSA) is 69.6 Å². The molecule has 2 rings (SSSR count). The Balaban J connectivity index is 2.30. The number of rotatable bonds is 6. The number of nitrogens with zero attached hydrogens (tertiary/aromatic N) is 1. The van der Waals surface area contributed by atoms with E-state index in [0.29, 0.717) is 17.7 Å². The van der Waals surface area contributed by atoms with Crippen LogP contribution in [0.25, 0.3) is 0 Å². The van der Waals surface area contributed by atoms with Crippen molar-refractivity contribution in [2.45, 2.75) is 26.0 Å². The summed E-state index contributed by atoms with van der Waals surface area (Å²) in [6.07, 6.45) is 0. The van der Waals surface area contributed by atoms with Crippen molar-refractivity contribution in [3.05, 3.63) is 71.3 Å². The Morgan fingerprint density at radius 2 is 1.68 bits per heavy atom. The van der Waals surface area contributed by atoms with Crippen LogP contribution in [0.1, 0.15) is 40.1 Å². The average Bonchev–Trinajstić information content (AvgIpc) is 2.59. The highest BCUT2D eigenvalue weighted by atomic mass is 16.3. The third-order valence-corrected chi connectivity index (χ3v) is 3.68. The van der Waals surface area contributed by atoms with Crippen molar-refractivity contribution in [1.29, 1.82) is 0 Å². The van der Waals surface area contributed by atoms with E-state index < -0.39 is 5.60 Å². The number of amides is 2. The van der Waals surface area contributed by atoms with E-state index in [1.807, 2.05) is 30.3 Å². The van der Waals surface area contributed by atoms with E-state index in [1.54, 1.807) is 50.1 Å². The van der Waals surface area contributed by atoms with Gasteiger partial charge in [-0.1, -0.05) is 36.4 Å². The molecule has 0 spiro atoms. The summed E-state index contributed by atoms with van der Waals surface area (Å²) in [4.78, 5) is 26.4. The highest BCUT2D eigenvalue weighted by Gasteiger charge is 2.24. The zero-order valence-corrected chi connectivity index (χ0v) is 14.8. The Labute approximate surface area is 148 Å². The fourth-order valence-electron chi connectivity index (χ4n) is 2.59. The molecule has 25 heavy (non-hydrogen) atoms. The molecule has 2 aromatic rings. The van der Waals surface area contributed by atoms with Crippen LogP contribution >= 0.6 is 0 Å². The molecule has 0 saturated carbocycles. The van der Waals surface area contributed by atoms with Gasteiger partial charge < -0.3 is 15.3 Å². The van der Waals surface area contributed by atoms with Gasteiger partial charge in [-0.25, -0.2) is 0 Å². The molecule has 0 aromatic heterocycles. The van der Waals surface area contributed by atoms with E-state index in [0.717, 1.165) is 5.56 Å². The first kappa shape index (κ1) is 18.7. The van der Waals surface area contributed by atoms with Gasteiger partial charge in [0.05, 0.1) is 5.60 Å². The standard InChI is InChI=1S/C20H24N2O3/c1-20(2,25)14-22(13-15-8-5-4-6-9-15)19(24)17-11-7-10-16(12-17)18(23)21-3/h4-12,25H,13-14H2,1-3H3,(H,21,23). The number of carbonyl (C=O) groups is 2. The van der Waals surface area contributed by atoms with Gasteiger partial charge >= 0.3 is 0 Å². The van der Waals surface area contributed by atoms with Crippen LogP contribution < -0.4 is 5.32 Å². The molecular weight excluding hydrogens is 316 g/mol. The maximum Gasteiger partial charge on any atom is 0.254 e. The SMILES string of the molecule is CNC(=O)c1cccc(C(=O)N(Cc2ccccc2)CC(C)(C)O)c1. The number of hydrogen-bond donors (Lipinski definition) is 2. The van der Waals surface area contributed by atoms with Crippen molar-refractivity contribution in [2.24, 2.45) is 0 Å². The van der Waals surface area contributed by atoms with Crippen LogP contribution in [0.15, 0.2) is 54.6 Å². The second-order valence-corrected chi connectivity index (χ2v) is 6.62. The molecule has 2 aromatic carbocycles. The number of hydrogen-bond acceptors (Lipinski definition) is 3. The van der Waals surface area contributed by atoms with Gasteiger partial charge in [0, 0.05) is 31.3 Å². The molecule has 2 amide bonds. The quantitative estimate of drug-likeness (QED) is 0.849. The molecule has 0 fully saturated rings. The lowest BCUT2D eigenvalue weighted by Gasteiger charge is -2.29. The Bertz CT molecular complexity index is 736. The number of nitrogens with one attached hydrogen (secondary N) is 1. The molecule has 0 aliphatic carbocycles. The average molecular weight is 340 g/mol. The predicted octanol–water partition coefficient (Wildman–Crippen LogP) is 2.46. The van der Waals surface area contributed by atoms with Gasteiger partial charge in [0.15, 0.2) is 0 Å². The fraction of sp³-hybridized carbons (Fsp3) is 0.300. The summed E-state index contributed by atoms with van der Waals surface area (Å²) in [6, 6.07) is 16.2. The number of benzene rings is 2. The molecule has 0 radical (unpaired) electrons. The zero-order valence-electron chi connectivity index (χ0n) is 14.8. The van der Waals surface area contributed by atoms with Crippen molar-refractivity contribution in [3.8, 4) is 0 Å². The molecule has 0 aliphatic heterocycles. The van der Waals surface area contributed by atoms with Crippen molar-refractivity contribution in [2.75, 3.05) is 13.6 Å². The first-order valence-corrected chi connectivity index (χ1v) is 8.18. The third-order valence-electron chi connectivity index (χ3n) is 3.68. The molecule has 0 saturated heterocycles. The lowest BCUT2D eigenvalue weighted by atomic mass is 10.1. The molecule has 0 unspecified atom stereocenters. The van der Waals surface area contributed by atoms with E-state index in [-0.39, 0.29) is 18.4 Å². The van der Waals surface area contributed by atoms with Crippen molar-refractivity contribution >= 4 is 11.8 Å².